The highest BCUT2D eigenvalue weighted by Gasteiger charge is 2.32. The molecule has 162 valence electrons. The second kappa shape index (κ2) is 9.49. The van der Waals surface area contributed by atoms with E-state index in [2.05, 4.69) is 0 Å². The fourth-order valence-electron chi connectivity index (χ4n) is 4.98. The highest BCUT2D eigenvalue weighted by atomic mass is 16.5. The third-order valence-electron chi connectivity index (χ3n) is 6.44. The maximum atomic E-state index is 13.1. The van der Waals surface area contributed by atoms with Gasteiger partial charge in [0.25, 0.3) is 5.91 Å². The number of nitrogens with zero attached hydrogens (tertiary/aromatic N) is 2. The molecule has 2 aliphatic rings. The molecule has 0 aliphatic heterocycles. The van der Waals surface area contributed by atoms with Gasteiger partial charge in [-0.3, -0.25) is 14.2 Å². The minimum atomic E-state index is -0.607. The first-order valence-electron chi connectivity index (χ1n) is 11.2. The van der Waals surface area contributed by atoms with Crippen molar-refractivity contribution in [3.05, 3.63) is 34.8 Å². The monoisotopic (exact) mass is 414 g/mol. The fourth-order valence-corrected chi connectivity index (χ4v) is 4.98. The zero-order valence-corrected chi connectivity index (χ0v) is 17.4. The lowest BCUT2D eigenvalue weighted by Gasteiger charge is -2.41. The third kappa shape index (κ3) is 4.60. The third-order valence-corrected chi connectivity index (χ3v) is 6.44. The molecule has 0 atom stereocenters. The first kappa shape index (κ1) is 20.7. The van der Waals surface area contributed by atoms with Crippen LogP contribution in [-0.2, 0) is 20.9 Å². The molecule has 7 heteroatoms. The maximum Gasteiger partial charge on any atom is 0.420 e. The average Bonchev–Trinajstić information content (AvgIpc) is 3.09. The number of rotatable bonds is 6. The van der Waals surface area contributed by atoms with Crippen LogP contribution in [0.25, 0.3) is 11.1 Å². The van der Waals surface area contributed by atoms with Gasteiger partial charge in [0.2, 0.25) is 0 Å². The molecule has 2 aliphatic carbocycles. The molecule has 0 spiro atoms. The Morgan fingerprint density at radius 1 is 0.967 bits per heavy atom. The van der Waals surface area contributed by atoms with Crippen molar-refractivity contribution in [2.75, 3.05) is 6.61 Å². The van der Waals surface area contributed by atoms with Crippen LogP contribution < -0.4 is 5.76 Å². The maximum absolute atomic E-state index is 13.1. The zero-order valence-electron chi connectivity index (χ0n) is 17.4. The molecule has 7 nitrogen and oxygen atoms in total. The van der Waals surface area contributed by atoms with Gasteiger partial charge >= 0.3 is 11.7 Å². The molecule has 1 heterocycles. The van der Waals surface area contributed by atoms with E-state index in [1.165, 1.54) is 17.4 Å². The highest BCUT2D eigenvalue weighted by Crippen LogP contribution is 2.30. The normalized spacial score (nSPS) is 18.4. The van der Waals surface area contributed by atoms with Crippen LogP contribution >= 0.6 is 0 Å². The Kier molecular flexibility index (Phi) is 6.55. The molecule has 0 saturated heterocycles. The number of carbonyl (C=O) groups excluding carboxylic acids is 2. The van der Waals surface area contributed by atoms with Gasteiger partial charge in [0, 0.05) is 12.1 Å². The quantitative estimate of drug-likeness (QED) is 0.674. The van der Waals surface area contributed by atoms with E-state index in [0.29, 0.717) is 11.1 Å². The van der Waals surface area contributed by atoms with E-state index in [0.717, 1.165) is 51.4 Å². The lowest BCUT2D eigenvalue weighted by Crippen LogP contribution is -2.50. The summed E-state index contributed by atoms with van der Waals surface area (Å²) < 4.78 is 11.7. The number of esters is 1. The Bertz CT molecular complexity index is 916. The molecule has 2 saturated carbocycles. The van der Waals surface area contributed by atoms with Gasteiger partial charge in [-0.1, -0.05) is 50.7 Å². The lowest BCUT2D eigenvalue weighted by molar-refractivity contribution is -0.155. The van der Waals surface area contributed by atoms with E-state index < -0.39 is 11.7 Å². The number of fused-ring (bicyclic) bond motifs is 1. The molecule has 0 bridgehead atoms. The summed E-state index contributed by atoms with van der Waals surface area (Å²) in [4.78, 5) is 39.6. The van der Waals surface area contributed by atoms with E-state index in [1.54, 1.807) is 24.3 Å². The zero-order chi connectivity index (χ0) is 20.9. The largest absolute Gasteiger partial charge is 0.454 e. The number of ether oxygens (including phenoxy) is 1. The van der Waals surface area contributed by atoms with Crippen molar-refractivity contribution in [1.82, 2.24) is 9.47 Å². The first-order valence-corrected chi connectivity index (χ1v) is 11.2. The van der Waals surface area contributed by atoms with Crippen LogP contribution in [0.4, 0.5) is 0 Å². The summed E-state index contributed by atoms with van der Waals surface area (Å²) >= 11 is 0. The first-order chi connectivity index (χ1) is 14.6. The van der Waals surface area contributed by atoms with Crippen molar-refractivity contribution >= 4 is 23.0 Å². The van der Waals surface area contributed by atoms with E-state index >= 15 is 0 Å². The van der Waals surface area contributed by atoms with Gasteiger partial charge < -0.3 is 14.1 Å². The number of hydrogen-bond donors (Lipinski definition) is 0. The Morgan fingerprint density at radius 2 is 1.57 bits per heavy atom. The van der Waals surface area contributed by atoms with E-state index in [4.69, 9.17) is 9.15 Å². The molecule has 1 aromatic heterocycles. The van der Waals surface area contributed by atoms with Crippen LogP contribution in [0.5, 0.6) is 0 Å². The SMILES string of the molecule is O=C(Cn1c(=O)oc2ccccc21)OCC(=O)N(C1CCCCC1)C1CCCCC1. The van der Waals surface area contributed by atoms with E-state index in [9.17, 15) is 14.4 Å². The molecule has 4 rings (SSSR count). The van der Waals surface area contributed by atoms with Crippen LogP contribution in [0, 0.1) is 0 Å². The predicted octanol–water partition coefficient (Wildman–Crippen LogP) is 3.63. The van der Waals surface area contributed by atoms with Crippen LogP contribution in [0.15, 0.2) is 33.5 Å². The minimum absolute atomic E-state index is 0.105. The summed E-state index contributed by atoms with van der Waals surface area (Å²) in [6.07, 6.45) is 11.2. The summed E-state index contributed by atoms with van der Waals surface area (Å²) in [6.45, 7) is -0.535. The van der Waals surface area contributed by atoms with Crippen LogP contribution in [0.2, 0.25) is 0 Å². The number of amides is 1. The van der Waals surface area contributed by atoms with Crippen molar-refractivity contribution in [3.63, 3.8) is 0 Å². The smallest absolute Gasteiger partial charge is 0.420 e. The standard InChI is InChI=1S/C23H30N2O5/c26-21(25(17-9-3-1-4-10-17)18-11-5-2-6-12-18)16-29-22(27)15-24-19-13-7-8-14-20(19)30-23(24)28/h7-8,13-14,17-18H,1-6,9-12,15-16H2. The average molecular weight is 415 g/mol. The van der Waals surface area contributed by atoms with E-state index in [1.807, 2.05) is 4.90 Å². The number of oxazole rings is 1. The molecule has 0 N–H and O–H groups in total. The van der Waals surface area contributed by atoms with Gasteiger partial charge in [-0.25, -0.2) is 4.79 Å². The summed E-state index contributed by atoms with van der Waals surface area (Å²) in [5, 5.41) is 0. The molecule has 1 amide bonds. The molecular weight excluding hydrogens is 384 g/mol. The number of aromatic nitrogens is 1. The highest BCUT2D eigenvalue weighted by molar-refractivity contribution is 5.82. The Labute approximate surface area is 176 Å². The molecule has 1 aromatic carbocycles. The van der Waals surface area contributed by atoms with E-state index in [-0.39, 0.29) is 31.1 Å². The number of benzene rings is 1. The Hall–Kier alpha value is -2.57. The van der Waals surface area contributed by atoms with Crippen LogP contribution in [-0.4, -0.2) is 40.0 Å². The summed E-state index contributed by atoms with van der Waals surface area (Å²) in [7, 11) is 0. The molecule has 2 fully saturated rings. The molecular formula is C23H30N2O5. The van der Waals surface area contributed by atoms with Gasteiger partial charge in [-0.2, -0.15) is 0 Å². The van der Waals surface area contributed by atoms with Gasteiger partial charge in [0.1, 0.15) is 6.54 Å². The van der Waals surface area contributed by atoms with Crippen molar-refractivity contribution in [3.8, 4) is 0 Å². The van der Waals surface area contributed by atoms with Crippen molar-refractivity contribution < 1.29 is 18.7 Å². The predicted molar refractivity (Wildman–Crippen MR) is 112 cm³/mol. The Balaban J connectivity index is 1.40. The fraction of sp³-hybridized carbons (Fsp3) is 0.609. The Morgan fingerprint density at radius 3 is 2.20 bits per heavy atom. The second-order valence-corrected chi connectivity index (χ2v) is 8.47. The number of hydrogen-bond acceptors (Lipinski definition) is 5. The molecule has 30 heavy (non-hydrogen) atoms. The van der Waals surface area contributed by atoms with Gasteiger partial charge in [-0.15, -0.1) is 0 Å². The van der Waals surface area contributed by atoms with Crippen molar-refractivity contribution in [2.24, 2.45) is 0 Å². The van der Waals surface area contributed by atoms with Gasteiger partial charge in [0.15, 0.2) is 12.2 Å². The van der Waals surface area contributed by atoms with Crippen molar-refractivity contribution in [2.45, 2.75) is 82.8 Å². The van der Waals surface area contributed by atoms with Crippen LogP contribution in [0.3, 0.4) is 0 Å². The molecule has 2 aromatic rings. The topological polar surface area (TPSA) is 81.7 Å². The second-order valence-electron chi connectivity index (χ2n) is 8.47. The minimum Gasteiger partial charge on any atom is -0.454 e. The van der Waals surface area contributed by atoms with Gasteiger partial charge in [0.05, 0.1) is 5.52 Å². The molecule has 0 radical (unpaired) electrons. The summed E-state index contributed by atoms with van der Waals surface area (Å²) in [5.74, 6) is -1.32. The number of carbonyl (C=O) groups is 2. The van der Waals surface area contributed by atoms with Crippen molar-refractivity contribution in [1.29, 1.82) is 0 Å². The lowest BCUT2D eigenvalue weighted by atomic mass is 9.88. The van der Waals surface area contributed by atoms with Crippen LogP contribution in [0.1, 0.15) is 64.2 Å². The summed E-state index contributed by atoms with van der Waals surface area (Å²) in [5.41, 5.74) is 0.962. The summed E-state index contributed by atoms with van der Waals surface area (Å²) in [6, 6.07) is 7.44. The number of para-hydroxylation sites is 2. The molecule has 0 unspecified atom stereocenters. The van der Waals surface area contributed by atoms with Gasteiger partial charge in [-0.05, 0) is 37.8 Å².